The molecule has 0 spiro atoms. The number of thioether (sulfide) groups is 1. The zero-order valence-corrected chi connectivity index (χ0v) is 17.4. The molecule has 1 saturated heterocycles. The molecule has 2 unspecified atom stereocenters. The number of nitrogens with one attached hydrogen (secondary N) is 2. The summed E-state index contributed by atoms with van der Waals surface area (Å²) in [6, 6.07) is 0. The second-order valence-corrected chi connectivity index (χ2v) is 11.0. The maximum atomic E-state index is 12.1. The Morgan fingerprint density at radius 1 is 1.26 bits per heavy atom. The van der Waals surface area contributed by atoms with Gasteiger partial charge in [0, 0.05) is 22.5 Å². The second-order valence-electron chi connectivity index (χ2n) is 7.69. The number of aromatic nitrogens is 4. The molecule has 0 radical (unpaired) electrons. The van der Waals surface area contributed by atoms with Crippen LogP contribution in [0, 0.1) is 20.8 Å². The molecule has 2 aliphatic rings. The van der Waals surface area contributed by atoms with Crippen molar-refractivity contribution in [3.05, 3.63) is 28.2 Å². The molecule has 0 saturated carbocycles. The van der Waals surface area contributed by atoms with Crippen molar-refractivity contribution in [2.75, 3.05) is 22.6 Å². The van der Waals surface area contributed by atoms with E-state index in [1.54, 1.807) is 11.8 Å². The smallest absolute Gasteiger partial charge is 0.235 e. The molecule has 10 heteroatoms. The molecule has 1 fully saturated rings. The van der Waals surface area contributed by atoms with Gasteiger partial charge in [0.05, 0.1) is 33.7 Å². The Morgan fingerprint density at radius 3 is 2.67 bits per heavy atom. The summed E-state index contributed by atoms with van der Waals surface area (Å²) in [7, 11) is -3.04. The van der Waals surface area contributed by atoms with E-state index in [-0.39, 0.29) is 22.7 Å². The monoisotopic (exact) mass is 409 g/mol. The molecule has 27 heavy (non-hydrogen) atoms. The van der Waals surface area contributed by atoms with Crippen molar-refractivity contribution >= 4 is 33.3 Å². The average Bonchev–Trinajstić information content (AvgIpc) is 3.13. The summed E-state index contributed by atoms with van der Waals surface area (Å²) in [6.07, 6.45) is 0.560. The fraction of sp³-hybridized carbons (Fsp3) is 0.588. The summed E-state index contributed by atoms with van der Waals surface area (Å²) in [6.45, 7) is 7.83. The topological polar surface area (TPSA) is 110 Å². The molecule has 4 heterocycles. The van der Waals surface area contributed by atoms with Gasteiger partial charge in [-0.1, -0.05) is 0 Å². The number of aromatic amines is 1. The number of carbonyl (C=O) groups is 1. The minimum atomic E-state index is -3.04. The van der Waals surface area contributed by atoms with E-state index in [1.807, 2.05) is 32.4 Å². The number of aryl methyl sites for hydroxylation is 2. The van der Waals surface area contributed by atoms with Crippen molar-refractivity contribution in [1.29, 1.82) is 0 Å². The van der Waals surface area contributed by atoms with Crippen LogP contribution in [0.15, 0.2) is 0 Å². The third-order valence-corrected chi connectivity index (χ3v) is 8.62. The molecule has 1 amide bonds. The van der Waals surface area contributed by atoms with Gasteiger partial charge in [-0.2, -0.15) is 10.2 Å². The van der Waals surface area contributed by atoms with Gasteiger partial charge in [0.15, 0.2) is 15.7 Å². The molecule has 0 bridgehead atoms. The normalized spacial score (nSPS) is 27.3. The van der Waals surface area contributed by atoms with Crippen LogP contribution in [0.5, 0.6) is 0 Å². The standard InChI is InChI=1S/C17H23N5O3S2/c1-9-14-15(26-7-12(23)18-16(14)20-19-9)13-10(2)21-22(11(13)3)17(4)5-6-27(24,25)8-17/h15H,5-8H2,1-4H3,(H2,18,19,20,23). The van der Waals surface area contributed by atoms with E-state index in [2.05, 4.69) is 15.5 Å². The van der Waals surface area contributed by atoms with Crippen LogP contribution in [0.4, 0.5) is 5.82 Å². The fourth-order valence-corrected chi connectivity index (χ4v) is 7.67. The zero-order chi connectivity index (χ0) is 19.6. The molecule has 0 aliphatic carbocycles. The molecule has 2 aromatic heterocycles. The summed E-state index contributed by atoms with van der Waals surface area (Å²) in [4.78, 5) is 12.1. The van der Waals surface area contributed by atoms with Gasteiger partial charge in [0.2, 0.25) is 5.91 Å². The van der Waals surface area contributed by atoms with Crippen LogP contribution in [-0.2, 0) is 20.2 Å². The SMILES string of the molecule is Cc1nn(C2(C)CCS(=O)(=O)C2)c(C)c1C1SCC(=O)Nc2n[nH]c(C)c21. The van der Waals surface area contributed by atoms with Gasteiger partial charge in [0.1, 0.15) is 0 Å². The average molecular weight is 410 g/mol. The van der Waals surface area contributed by atoms with Crippen molar-refractivity contribution in [1.82, 2.24) is 20.0 Å². The number of nitrogens with zero attached hydrogens (tertiary/aromatic N) is 3. The summed E-state index contributed by atoms with van der Waals surface area (Å²) >= 11 is 1.55. The number of hydrogen-bond acceptors (Lipinski definition) is 6. The first kappa shape index (κ1) is 18.5. The number of sulfone groups is 1. The van der Waals surface area contributed by atoms with Gasteiger partial charge >= 0.3 is 0 Å². The van der Waals surface area contributed by atoms with Crippen LogP contribution in [-0.4, -0.2) is 51.6 Å². The van der Waals surface area contributed by atoms with E-state index < -0.39 is 15.4 Å². The molecule has 0 aromatic carbocycles. The number of hydrogen-bond donors (Lipinski definition) is 2. The van der Waals surface area contributed by atoms with Crippen molar-refractivity contribution in [2.45, 2.75) is 44.9 Å². The van der Waals surface area contributed by atoms with E-state index in [1.165, 1.54) is 0 Å². The predicted molar refractivity (Wildman–Crippen MR) is 105 cm³/mol. The highest BCUT2D eigenvalue weighted by Gasteiger charge is 2.43. The highest BCUT2D eigenvalue weighted by Crippen LogP contribution is 2.45. The first-order chi connectivity index (χ1) is 12.6. The Hall–Kier alpha value is -1.81. The van der Waals surface area contributed by atoms with Crippen LogP contribution in [0.1, 0.15) is 46.8 Å². The summed E-state index contributed by atoms with van der Waals surface area (Å²) < 4.78 is 26.0. The minimum Gasteiger partial charge on any atom is -0.308 e. The highest BCUT2D eigenvalue weighted by molar-refractivity contribution is 8.00. The van der Waals surface area contributed by atoms with Crippen molar-refractivity contribution in [2.24, 2.45) is 0 Å². The zero-order valence-electron chi connectivity index (χ0n) is 15.8. The van der Waals surface area contributed by atoms with Crippen LogP contribution in [0.2, 0.25) is 0 Å². The lowest BCUT2D eigenvalue weighted by Crippen LogP contribution is -2.33. The van der Waals surface area contributed by atoms with Crippen LogP contribution >= 0.6 is 11.8 Å². The summed E-state index contributed by atoms with van der Waals surface area (Å²) in [5, 5.41) is 14.7. The van der Waals surface area contributed by atoms with Crippen molar-refractivity contribution in [3.63, 3.8) is 0 Å². The lowest BCUT2D eigenvalue weighted by atomic mass is 9.99. The summed E-state index contributed by atoms with van der Waals surface area (Å²) in [5.41, 5.74) is 4.17. The maximum absolute atomic E-state index is 12.1. The molecule has 4 rings (SSSR count). The Balaban J connectivity index is 1.83. The Bertz CT molecular complexity index is 1040. The number of carbonyl (C=O) groups excluding carboxylic acids is 1. The molecule has 2 N–H and O–H groups in total. The fourth-order valence-electron chi connectivity index (χ4n) is 4.21. The first-order valence-electron chi connectivity index (χ1n) is 8.85. The van der Waals surface area contributed by atoms with E-state index in [4.69, 9.17) is 5.10 Å². The van der Waals surface area contributed by atoms with Crippen molar-refractivity contribution in [3.8, 4) is 0 Å². The first-order valence-corrected chi connectivity index (χ1v) is 11.7. The Kier molecular flexibility index (Phi) is 4.19. The van der Waals surface area contributed by atoms with Gasteiger partial charge in [-0.05, 0) is 34.1 Å². The summed E-state index contributed by atoms with van der Waals surface area (Å²) in [5.74, 6) is 1.12. The highest BCUT2D eigenvalue weighted by atomic mass is 32.2. The van der Waals surface area contributed by atoms with Crippen LogP contribution in [0.3, 0.4) is 0 Å². The third kappa shape index (κ3) is 2.98. The van der Waals surface area contributed by atoms with E-state index in [0.29, 0.717) is 18.0 Å². The Morgan fingerprint density at radius 2 is 2.00 bits per heavy atom. The lowest BCUT2D eigenvalue weighted by Gasteiger charge is -2.25. The quantitative estimate of drug-likeness (QED) is 0.783. The predicted octanol–water partition coefficient (Wildman–Crippen LogP) is 1.84. The number of H-pyrrole nitrogens is 1. The van der Waals surface area contributed by atoms with Gasteiger partial charge in [-0.15, -0.1) is 11.8 Å². The van der Waals surface area contributed by atoms with Gasteiger partial charge in [0.25, 0.3) is 0 Å². The third-order valence-electron chi connectivity index (χ3n) is 5.50. The largest absolute Gasteiger partial charge is 0.308 e. The maximum Gasteiger partial charge on any atom is 0.235 e. The van der Waals surface area contributed by atoms with Crippen LogP contribution < -0.4 is 5.32 Å². The number of anilines is 1. The molecular formula is C17H23N5O3S2. The Labute approximate surface area is 162 Å². The molecule has 2 atom stereocenters. The van der Waals surface area contributed by atoms with Crippen molar-refractivity contribution < 1.29 is 13.2 Å². The van der Waals surface area contributed by atoms with E-state index in [0.717, 1.165) is 28.2 Å². The molecule has 2 aromatic rings. The number of amides is 1. The number of rotatable bonds is 2. The molecular weight excluding hydrogens is 386 g/mol. The number of fused-ring (bicyclic) bond motifs is 1. The minimum absolute atomic E-state index is 0.0770. The second kappa shape index (κ2) is 6.10. The molecule has 2 aliphatic heterocycles. The molecule has 8 nitrogen and oxygen atoms in total. The lowest BCUT2D eigenvalue weighted by molar-refractivity contribution is -0.113. The van der Waals surface area contributed by atoms with Gasteiger partial charge in [-0.25, -0.2) is 8.42 Å². The van der Waals surface area contributed by atoms with E-state index in [9.17, 15) is 13.2 Å². The van der Waals surface area contributed by atoms with E-state index >= 15 is 0 Å². The van der Waals surface area contributed by atoms with Crippen LogP contribution in [0.25, 0.3) is 0 Å². The van der Waals surface area contributed by atoms with Gasteiger partial charge < -0.3 is 5.32 Å². The van der Waals surface area contributed by atoms with Gasteiger partial charge in [-0.3, -0.25) is 14.6 Å². The molecule has 146 valence electrons.